The van der Waals surface area contributed by atoms with E-state index in [2.05, 4.69) is 5.32 Å². The Morgan fingerprint density at radius 3 is 2.85 bits per heavy atom. The molecule has 0 aromatic rings. The van der Waals surface area contributed by atoms with E-state index in [4.69, 9.17) is 15.2 Å². The smallest absolute Gasteiger partial charge is 0.252 e. The van der Waals surface area contributed by atoms with Gasteiger partial charge < -0.3 is 20.5 Å². The molecule has 0 radical (unpaired) electrons. The summed E-state index contributed by atoms with van der Waals surface area (Å²) in [6, 6.07) is 0.107. The standard InChI is InChI=1S/C8H16N2O3/c1-5(2)10-8(11)7-6(3-9)12-4-13-7/h5-7H,3-4,9H2,1-2H3,(H,10,11)/t6-,7+/m0/s1. The fraction of sp³-hybridized carbons (Fsp3) is 0.875. The average Bonchev–Trinajstić information content (AvgIpc) is 2.49. The molecule has 1 fully saturated rings. The van der Waals surface area contributed by atoms with Crippen LogP contribution >= 0.6 is 0 Å². The number of hydrogen-bond acceptors (Lipinski definition) is 4. The van der Waals surface area contributed by atoms with Crippen LogP contribution in [0, 0.1) is 0 Å². The molecule has 0 unspecified atom stereocenters. The van der Waals surface area contributed by atoms with Crippen molar-refractivity contribution >= 4 is 5.91 Å². The maximum absolute atomic E-state index is 11.5. The largest absolute Gasteiger partial charge is 0.352 e. The first-order chi connectivity index (χ1) is 6.15. The monoisotopic (exact) mass is 188 g/mol. The Balaban J connectivity index is 2.45. The van der Waals surface area contributed by atoms with Gasteiger partial charge >= 0.3 is 0 Å². The van der Waals surface area contributed by atoms with Gasteiger partial charge in [0.05, 0.1) is 0 Å². The van der Waals surface area contributed by atoms with Gasteiger partial charge in [-0.2, -0.15) is 0 Å². The van der Waals surface area contributed by atoms with E-state index in [-0.39, 0.29) is 24.8 Å². The summed E-state index contributed by atoms with van der Waals surface area (Å²) in [7, 11) is 0. The van der Waals surface area contributed by atoms with Gasteiger partial charge in [-0.05, 0) is 13.8 Å². The molecule has 1 aliphatic heterocycles. The molecule has 0 bridgehead atoms. The number of rotatable bonds is 3. The number of nitrogens with two attached hydrogens (primary N) is 1. The molecule has 13 heavy (non-hydrogen) atoms. The highest BCUT2D eigenvalue weighted by molar-refractivity contribution is 5.81. The SMILES string of the molecule is CC(C)NC(=O)[C@@H]1OCO[C@H]1CN. The van der Waals surface area contributed by atoms with Crippen molar-refractivity contribution in [3.8, 4) is 0 Å². The summed E-state index contributed by atoms with van der Waals surface area (Å²) in [6.07, 6.45) is -0.855. The van der Waals surface area contributed by atoms with E-state index in [1.165, 1.54) is 0 Å². The second-order valence-corrected chi connectivity index (χ2v) is 3.31. The number of carbonyl (C=O) groups is 1. The molecule has 5 heteroatoms. The van der Waals surface area contributed by atoms with Crippen molar-refractivity contribution in [1.29, 1.82) is 0 Å². The molecule has 1 heterocycles. The van der Waals surface area contributed by atoms with Gasteiger partial charge in [-0.3, -0.25) is 4.79 Å². The Kier molecular flexibility index (Phi) is 3.65. The average molecular weight is 188 g/mol. The van der Waals surface area contributed by atoms with E-state index >= 15 is 0 Å². The Morgan fingerprint density at radius 1 is 1.62 bits per heavy atom. The summed E-state index contributed by atoms with van der Waals surface area (Å²) < 4.78 is 10.2. The number of amides is 1. The number of ether oxygens (including phenoxy) is 2. The van der Waals surface area contributed by atoms with Crippen LogP contribution in [0.5, 0.6) is 0 Å². The van der Waals surface area contributed by atoms with E-state index < -0.39 is 6.10 Å². The lowest BCUT2D eigenvalue weighted by molar-refractivity contribution is -0.131. The van der Waals surface area contributed by atoms with Gasteiger partial charge in [0.1, 0.15) is 12.9 Å². The first kappa shape index (κ1) is 10.4. The third-order valence-electron chi connectivity index (χ3n) is 1.79. The molecule has 3 N–H and O–H groups in total. The summed E-state index contributed by atoms with van der Waals surface area (Å²) in [6.45, 7) is 4.24. The van der Waals surface area contributed by atoms with Crippen molar-refractivity contribution in [1.82, 2.24) is 5.32 Å². The van der Waals surface area contributed by atoms with Crippen LogP contribution in [0.3, 0.4) is 0 Å². The Morgan fingerprint density at radius 2 is 2.31 bits per heavy atom. The molecule has 2 atom stereocenters. The van der Waals surface area contributed by atoms with Crippen molar-refractivity contribution in [2.24, 2.45) is 5.73 Å². The second-order valence-electron chi connectivity index (χ2n) is 3.31. The van der Waals surface area contributed by atoms with Crippen LogP contribution in [0.1, 0.15) is 13.8 Å². The summed E-state index contributed by atoms with van der Waals surface area (Å²) in [5, 5.41) is 2.75. The molecular formula is C8H16N2O3. The van der Waals surface area contributed by atoms with Crippen LogP contribution < -0.4 is 11.1 Å². The molecule has 0 aromatic heterocycles. The first-order valence-electron chi connectivity index (χ1n) is 4.38. The van der Waals surface area contributed by atoms with Crippen LogP contribution in [0.25, 0.3) is 0 Å². The zero-order valence-electron chi connectivity index (χ0n) is 7.95. The van der Waals surface area contributed by atoms with E-state index in [0.29, 0.717) is 6.54 Å². The minimum absolute atomic E-state index is 0.107. The van der Waals surface area contributed by atoms with E-state index in [1.807, 2.05) is 13.8 Å². The summed E-state index contributed by atoms with van der Waals surface area (Å²) in [5.74, 6) is -0.150. The highest BCUT2D eigenvalue weighted by Gasteiger charge is 2.34. The van der Waals surface area contributed by atoms with Crippen molar-refractivity contribution in [2.45, 2.75) is 32.1 Å². The van der Waals surface area contributed by atoms with Gasteiger partial charge in [-0.25, -0.2) is 0 Å². The Hall–Kier alpha value is -0.650. The first-order valence-corrected chi connectivity index (χ1v) is 4.38. The van der Waals surface area contributed by atoms with E-state index in [1.54, 1.807) is 0 Å². The minimum atomic E-state index is -0.549. The van der Waals surface area contributed by atoms with Gasteiger partial charge in [-0.15, -0.1) is 0 Å². The molecule has 0 aromatic carbocycles. The minimum Gasteiger partial charge on any atom is -0.352 e. The summed E-state index contributed by atoms with van der Waals surface area (Å²) in [5.41, 5.74) is 5.41. The van der Waals surface area contributed by atoms with Crippen molar-refractivity contribution in [2.75, 3.05) is 13.3 Å². The molecule has 1 rings (SSSR count). The number of nitrogens with one attached hydrogen (secondary N) is 1. The summed E-state index contributed by atoms with van der Waals surface area (Å²) in [4.78, 5) is 11.5. The molecule has 76 valence electrons. The molecule has 0 saturated carbocycles. The van der Waals surface area contributed by atoms with Crippen molar-refractivity contribution < 1.29 is 14.3 Å². The van der Waals surface area contributed by atoms with Gasteiger partial charge in [0, 0.05) is 12.6 Å². The molecule has 1 saturated heterocycles. The normalized spacial score (nSPS) is 28.0. The topological polar surface area (TPSA) is 73.6 Å². The van der Waals surface area contributed by atoms with Crippen LogP contribution in [0.2, 0.25) is 0 Å². The van der Waals surface area contributed by atoms with Gasteiger partial charge in [0.2, 0.25) is 0 Å². The third-order valence-corrected chi connectivity index (χ3v) is 1.79. The van der Waals surface area contributed by atoms with E-state index in [0.717, 1.165) is 0 Å². The van der Waals surface area contributed by atoms with Gasteiger partial charge in [-0.1, -0.05) is 0 Å². The number of carbonyl (C=O) groups excluding carboxylic acids is 1. The predicted octanol–water partition coefficient (Wildman–Crippen LogP) is -0.789. The molecule has 5 nitrogen and oxygen atoms in total. The van der Waals surface area contributed by atoms with Gasteiger partial charge in [0.25, 0.3) is 5.91 Å². The Labute approximate surface area is 77.6 Å². The van der Waals surface area contributed by atoms with Crippen LogP contribution in [-0.4, -0.2) is 37.5 Å². The van der Waals surface area contributed by atoms with Gasteiger partial charge in [0.15, 0.2) is 6.10 Å². The number of hydrogen-bond donors (Lipinski definition) is 2. The zero-order valence-corrected chi connectivity index (χ0v) is 7.95. The quantitative estimate of drug-likeness (QED) is 0.609. The molecule has 0 spiro atoms. The van der Waals surface area contributed by atoms with Crippen molar-refractivity contribution in [3.05, 3.63) is 0 Å². The Bertz CT molecular complexity index is 184. The lowest BCUT2D eigenvalue weighted by Gasteiger charge is -2.16. The lowest BCUT2D eigenvalue weighted by Crippen LogP contribution is -2.45. The lowest BCUT2D eigenvalue weighted by atomic mass is 10.2. The maximum atomic E-state index is 11.5. The highest BCUT2D eigenvalue weighted by Crippen LogP contribution is 2.11. The van der Waals surface area contributed by atoms with Crippen molar-refractivity contribution in [3.63, 3.8) is 0 Å². The summed E-state index contributed by atoms with van der Waals surface area (Å²) >= 11 is 0. The van der Waals surface area contributed by atoms with Crippen LogP contribution in [-0.2, 0) is 14.3 Å². The predicted molar refractivity (Wildman–Crippen MR) is 46.9 cm³/mol. The molecular weight excluding hydrogens is 172 g/mol. The van der Waals surface area contributed by atoms with Crippen LogP contribution in [0.15, 0.2) is 0 Å². The second kappa shape index (κ2) is 4.55. The fourth-order valence-corrected chi connectivity index (χ4v) is 1.20. The highest BCUT2D eigenvalue weighted by atomic mass is 16.7. The molecule has 0 aliphatic carbocycles. The fourth-order valence-electron chi connectivity index (χ4n) is 1.20. The van der Waals surface area contributed by atoms with E-state index in [9.17, 15) is 4.79 Å². The van der Waals surface area contributed by atoms with Crippen LogP contribution in [0.4, 0.5) is 0 Å². The maximum Gasteiger partial charge on any atom is 0.252 e. The molecule has 1 aliphatic rings. The third kappa shape index (κ3) is 2.65. The zero-order chi connectivity index (χ0) is 9.84. The molecule has 1 amide bonds.